The van der Waals surface area contributed by atoms with Crippen molar-refractivity contribution in [2.45, 2.75) is 20.3 Å². The normalized spacial score (nSPS) is 22.6. The summed E-state index contributed by atoms with van der Waals surface area (Å²) in [4.78, 5) is 30.3. The van der Waals surface area contributed by atoms with E-state index in [9.17, 15) is 9.59 Å². The molecule has 2 unspecified atom stereocenters. The van der Waals surface area contributed by atoms with Crippen LogP contribution in [-0.2, 0) is 9.59 Å². The zero-order chi connectivity index (χ0) is 20.7. The summed E-state index contributed by atoms with van der Waals surface area (Å²) in [6.07, 6.45) is 1.10. The molecule has 0 aliphatic carbocycles. The number of likely N-dealkylation sites (tertiary alicyclic amines) is 1. The molecule has 0 spiro atoms. The van der Waals surface area contributed by atoms with Gasteiger partial charge in [0, 0.05) is 23.7 Å². The highest BCUT2D eigenvalue weighted by Gasteiger charge is 2.44. The lowest BCUT2D eigenvalue weighted by Crippen LogP contribution is -2.42. The van der Waals surface area contributed by atoms with E-state index in [1.165, 1.54) is 4.90 Å². The van der Waals surface area contributed by atoms with Crippen LogP contribution in [0.3, 0.4) is 0 Å². The molecule has 2 amide bonds. The van der Waals surface area contributed by atoms with E-state index < -0.39 is 0 Å². The number of carbonyl (C=O) groups is 2. The van der Waals surface area contributed by atoms with E-state index in [-0.39, 0.29) is 11.8 Å². The van der Waals surface area contributed by atoms with Gasteiger partial charge in [0.2, 0.25) is 0 Å². The maximum absolute atomic E-state index is 13.5. The minimum Gasteiger partial charge on any atom is -0.366 e. The number of hydrogen-bond donors (Lipinski definition) is 0. The molecule has 6 heteroatoms. The Morgan fingerprint density at radius 3 is 2.17 bits per heavy atom. The first-order chi connectivity index (χ1) is 13.9. The molecule has 0 N–H and O–H groups in total. The van der Waals surface area contributed by atoms with Crippen molar-refractivity contribution in [3.05, 3.63) is 69.8 Å². The number of para-hydroxylation sites is 1. The smallest absolute Gasteiger partial charge is 0.282 e. The molecule has 2 atom stereocenters. The first-order valence-electron chi connectivity index (χ1n) is 9.75. The van der Waals surface area contributed by atoms with E-state index in [1.807, 2.05) is 18.2 Å². The molecule has 29 heavy (non-hydrogen) atoms. The van der Waals surface area contributed by atoms with E-state index in [2.05, 4.69) is 18.7 Å². The lowest BCUT2D eigenvalue weighted by molar-refractivity contribution is -0.120. The Balaban J connectivity index is 1.87. The Morgan fingerprint density at radius 1 is 0.897 bits per heavy atom. The molecule has 0 bridgehead atoms. The first-order valence-corrected chi connectivity index (χ1v) is 10.5. The monoisotopic (exact) mass is 428 g/mol. The number of benzene rings is 2. The van der Waals surface area contributed by atoms with E-state index in [0.29, 0.717) is 44.4 Å². The summed E-state index contributed by atoms with van der Waals surface area (Å²) in [5.41, 5.74) is 1.87. The summed E-state index contributed by atoms with van der Waals surface area (Å²) in [5.74, 6) is 0.207. The van der Waals surface area contributed by atoms with E-state index in [4.69, 9.17) is 23.2 Å². The maximum atomic E-state index is 13.5. The SMILES string of the molecule is CC1CC(C)CN(C2=C(c3ccc(Cl)cc3Cl)C(=O)N(c3ccccc3)C2=O)C1. The molecule has 0 aromatic heterocycles. The summed E-state index contributed by atoms with van der Waals surface area (Å²) in [5, 5.41) is 0.844. The van der Waals surface area contributed by atoms with Gasteiger partial charge in [0.15, 0.2) is 0 Å². The van der Waals surface area contributed by atoms with Gasteiger partial charge in [-0.3, -0.25) is 9.59 Å². The van der Waals surface area contributed by atoms with Gasteiger partial charge in [-0.1, -0.05) is 61.3 Å². The molecule has 4 nitrogen and oxygen atoms in total. The molecule has 0 saturated carbocycles. The number of hydrogen-bond acceptors (Lipinski definition) is 3. The van der Waals surface area contributed by atoms with Crippen molar-refractivity contribution < 1.29 is 9.59 Å². The van der Waals surface area contributed by atoms with Gasteiger partial charge in [0.05, 0.1) is 16.3 Å². The molecule has 2 aromatic carbocycles. The molecular formula is C23H22Cl2N2O2. The van der Waals surface area contributed by atoms with Gasteiger partial charge in [0.1, 0.15) is 5.70 Å². The highest BCUT2D eigenvalue weighted by molar-refractivity contribution is 6.47. The average molecular weight is 429 g/mol. The zero-order valence-corrected chi connectivity index (χ0v) is 17.9. The fraction of sp³-hybridized carbons (Fsp3) is 0.304. The fourth-order valence-electron chi connectivity index (χ4n) is 4.40. The predicted octanol–water partition coefficient (Wildman–Crippen LogP) is 5.26. The Labute approximate surface area is 180 Å². The minimum absolute atomic E-state index is 0.302. The van der Waals surface area contributed by atoms with E-state index in [1.54, 1.807) is 30.3 Å². The quantitative estimate of drug-likeness (QED) is 0.626. The predicted molar refractivity (Wildman–Crippen MR) is 117 cm³/mol. The third-order valence-electron chi connectivity index (χ3n) is 5.46. The number of rotatable bonds is 3. The largest absolute Gasteiger partial charge is 0.366 e. The topological polar surface area (TPSA) is 40.6 Å². The maximum Gasteiger partial charge on any atom is 0.282 e. The molecule has 0 radical (unpaired) electrons. The van der Waals surface area contributed by atoms with Gasteiger partial charge in [-0.05, 0) is 42.5 Å². The Bertz CT molecular complexity index is 993. The van der Waals surface area contributed by atoms with Crippen LogP contribution in [0.1, 0.15) is 25.8 Å². The summed E-state index contributed by atoms with van der Waals surface area (Å²) < 4.78 is 0. The van der Waals surface area contributed by atoms with Gasteiger partial charge < -0.3 is 4.90 Å². The second kappa shape index (κ2) is 7.85. The molecule has 4 rings (SSSR count). The lowest BCUT2D eigenvalue weighted by Gasteiger charge is -2.37. The zero-order valence-electron chi connectivity index (χ0n) is 16.4. The Morgan fingerprint density at radius 2 is 1.55 bits per heavy atom. The Hall–Kier alpha value is -2.30. The van der Waals surface area contributed by atoms with Crippen LogP contribution >= 0.6 is 23.2 Å². The number of nitrogens with zero attached hydrogens (tertiary/aromatic N) is 2. The number of amides is 2. The summed E-state index contributed by atoms with van der Waals surface area (Å²) >= 11 is 12.5. The second-order valence-corrected chi connectivity index (χ2v) is 8.82. The molecule has 2 aromatic rings. The van der Waals surface area contributed by atoms with Gasteiger partial charge in [-0.25, -0.2) is 4.90 Å². The summed E-state index contributed by atoms with van der Waals surface area (Å²) in [6.45, 7) is 5.81. The van der Waals surface area contributed by atoms with Gasteiger partial charge >= 0.3 is 0 Å². The number of piperidine rings is 1. The van der Waals surface area contributed by atoms with Gasteiger partial charge in [-0.15, -0.1) is 0 Å². The van der Waals surface area contributed by atoms with Crippen molar-refractivity contribution in [3.8, 4) is 0 Å². The second-order valence-electron chi connectivity index (χ2n) is 7.98. The number of carbonyl (C=O) groups excluding carboxylic acids is 2. The third-order valence-corrected chi connectivity index (χ3v) is 6.01. The van der Waals surface area contributed by atoms with Crippen LogP contribution in [0.15, 0.2) is 54.2 Å². The van der Waals surface area contributed by atoms with E-state index >= 15 is 0 Å². The van der Waals surface area contributed by atoms with Crippen LogP contribution < -0.4 is 4.90 Å². The van der Waals surface area contributed by atoms with Crippen LogP contribution in [0.2, 0.25) is 10.0 Å². The van der Waals surface area contributed by atoms with Crippen molar-refractivity contribution in [2.24, 2.45) is 11.8 Å². The molecular weight excluding hydrogens is 407 g/mol. The van der Waals surface area contributed by atoms with Crippen LogP contribution in [0.5, 0.6) is 0 Å². The van der Waals surface area contributed by atoms with Crippen LogP contribution in [0.25, 0.3) is 5.57 Å². The number of anilines is 1. The summed E-state index contributed by atoms with van der Waals surface area (Å²) in [6, 6.07) is 14.0. The lowest BCUT2D eigenvalue weighted by atomic mass is 9.91. The standard InChI is InChI=1S/C23H22Cl2N2O2/c1-14-10-15(2)13-26(12-14)21-20(18-9-8-16(24)11-19(18)25)22(28)27(23(21)29)17-6-4-3-5-7-17/h3-9,11,14-15H,10,12-13H2,1-2H3. The molecule has 1 saturated heterocycles. The first kappa shape index (κ1) is 20.0. The van der Waals surface area contributed by atoms with Crippen LogP contribution in [0, 0.1) is 11.8 Å². The van der Waals surface area contributed by atoms with Crippen molar-refractivity contribution in [1.29, 1.82) is 0 Å². The number of imide groups is 1. The highest BCUT2D eigenvalue weighted by atomic mass is 35.5. The van der Waals surface area contributed by atoms with Gasteiger partial charge in [0.25, 0.3) is 11.8 Å². The van der Waals surface area contributed by atoms with Crippen molar-refractivity contribution in [1.82, 2.24) is 4.90 Å². The fourth-order valence-corrected chi connectivity index (χ4v) is 4.91. The highest BCUT2D eigenvalue weighted by Crippen LogP contribution is 2.39. The van der Waals surface area contributed by atoms with Crippen LogP contribution in [-0.4, -0.2) is 29.8 Å². The molecule has 2 heterocycles. The van der Waals surface area contributed by atoms with Crippen LogP contribution in [0.4, 0.5) is 5.69 Å². The van der Waals surface area contributed by atoms with Crippen molar-refractivity contribution >= 4 is 46.3 Å². The van der Waals surface area contributed by atoms with Crippen molar-refractivity contribution in [3.63, 3.8) is 0 Å². The third kappa shape index (κ3) is 3.67. The van der Waals surface area contributed by atoms with E-state index in [0.717, 1.165) is 19.5 Å². The van der Waals surface area contributed by atoms with Crippen molar-refractivity contribution in [2.75, 3.05) is 18.0 Å². The molecule has 1 fully saturated rings. The Kier molecular flexibility index (Phi) is 5.41. The van der Waals surface area contributed by atoms with Gasteiger partial charge in [-0.2, -0.15) is 0 Å². The average Bonchev–Trinajstić information content (AvgIpc) is 2.92. The molecule has 2 aliphatic rings. The number of halogens is 2. The summed E-state index contributed by atoms with van der Waals surface area (Å²) in [7, 11) is 0. The molecule has 2 aliphatic heterocycles. The molecule has 150 valence electrons. The minimum atomic E-state index is -0.355.